The zero-order chi connectivity index (χ0) is 23.9. The van der Waals surface area contributed by atoms with E-state index in [0.717, 1.165) is 50.8 Å². The summed E-state index contributed by atoms with van der Waals surface area (Å²) >= 11 is 0. The summed E-state index contributed by atoms with van der Waals surface area (Å²) in [6.45, 7) is 2.07. The molecule has 0 aliphatic heterocycles. The minimum Gasteiger partial charge on any atom is -0.503 e. The lowest BCUT2D eigenvalue weighted by Gasteiger charge is -2.31. The third kappa shape index (κ3) is 4.77. The number of carbonyl (C=O) groups excluding carboxylic acids is 1. The van der Waals surface area contributed by atoms with E-state index in [-0.39, 0.29) is 6.54 Å². The molecule has 1 heterocycles. The van der Waals surface area contributed by atoms with Crippen LogP contribution in [0.1, 0.15) is 79.9 Å². The maximum atomic E-state index is 13.3. The molecule has 0 unspecified atom stereocenters. The molecule has 2 aromatic rings. The van der Waals surface area contributed by atoms with E-state index in [1.807, 2.05) is 6.92 Å². The Labute approximate surface area is 189 Å². The second-order valence-corrected chi connectivity index (χ2v) is 9.68. The Morgan fingerprint density at radius 1 is 1.15 bits per heavy atom. The predicted molar refractivity (Wildman–Crippen MR) is 116 cm³/mol. The maximum Gasteiger partial charge on any atom is 0.416 e. The topological polar surface area (TPSA) is 84.2 Å². The van der Waals surface area contributed by atoms with Gasteiger partial charge < -0.3 is 10.4 Å². The third-order valence-electron chi connectivity index (χ3n) is 7.11. The fourth-order valence-corrected chi connectivity index (χ4v) is 5.29. The largest absolute Gasteiger partial charge is 0.503 e. The van der Waals surface area contributed by atoms with Crippen molar-refractivity contribution in [3.63, 3.8) is 0 Å². The molecule has 2 aliphatic carbocycles. The van der Waals surface area contributed by atoms with E-state index in [0.29, 0.717) is 18.4 Å². The number of halogens is 3. The average Bonchev–Trinajstić information content (AvgIpc) is 3.40. The summed E-state index contributed by atoms with van der Waals surface area (Å²) in [4.78, 5) is 25.3. The standard InChI is InChI=1S/C24H28F3N3O3/c1-22(9-2-3-10-22)28-21(33)19-20(32)18(31)14-30(29-19)15-23(11-4-5-12-23)16-7-6-8-17(13-16)24(25,26)27/h6-8,13-14,31H,2-5,9-12,15H2,1H3,(H,28,33). The van der Waals surface area contributed by atoms with Crippen LogP contribution in [0.5, 0.6) is 5.75 Å². The number of rotatable bonds is 5. The van der Waals surface area contributed by atoms with E-state index < -0.39 is 45.5 Å². The Morgan fingerprint density at radius 3 is 2.42 bits per heavy atom. The molecule has 2 saturated carbocycles. The molecule has 1 aromatic carbocycles. The van der Waals surface area contributed by atoms with Crippen molar-refractivity contribution in [2.24, 2.45) is 0 Å². The molecule has 2 aliphatic rings. The van der Waals surface area contributed by atoms with Crippen LogP contribution in [0.25, 0.3) is 0 Å². The maximum absolute atomic E-state index is 13.3. The summed E-state index contributed by atoms with van der Waals surface area (Å²) < 4.78 is 41.3. The lowest BCUT2D eigenvalue weighted by atomic mass is 9.78. The summed E-state index contributed by atoms with van der Waals surface area (Å²) in [5.41, 5.74) is -2.50. The van der Waals surface area contributed by atoms with E-state index >= 15 is 0 Å². The van der Waals surface area contributed by atoms with E-state index in [4.69, 9.17) is 0 Å². The van der Waals surface area contributed by atoms with Gasteiger partial charge >= 0.3 is 6.18 Å². The highest BCUT2D eigenvalue weighted by Gasteiger charge is 2.39. The first kappa shape index (κ1) is 23.3. The average molecular weight is 464 g/mol. The number of carbonyl (C=O) groups is 1. The highest BCUT2D eigenvalue weighted by molar-refractivity contribution is 5.92. The Hall–Kier alpha value is -2.84. The van der Waals surface area contributed by atoms with Crippen LogP contribution in [0.2, 0.25) is 0 Å². The van der Waals surface area contributed by atoms with Crippen LogP contribution in [-0.2, 0) is 18.1 Å². The van der Waals surface area contributed by atoms with E-state index in [2.05, 4.69) is 10.4 Å². The van der Waals surface area contributed by atoms with E-state index in [9.17, 15) is 27.9 Å². The van der Waals surface area contributed by atoms with Crippen molar-refractivity contribution >= 4 is 5.91 Å². The summed E-state index contributed by atoms with van der Waals surface area (Å²) in [6.07, 6.45) is 3.22. The number of nitrogens with one attached hydrogen (secondary N) is 1. The minimum absolute atomic E-state index is 0.152. The molecule has 0 atom stereocenters. The highest BCUT2D eigenvalue weighted by Crippen LogP contribution is 2.44. The Bertz CT molecular complexity index is 1100. The second-order valence-electron chi connectivity index (χ2n) is 9.68. The molecular formula is C24H28F3N3O3. The molecule has 4 rings (SSSR count). The molecular weight excluding hydrogens is 435 g/mol. The lowest BCUT2D eigenvalue weighted by Crippen LogP contribution is -2.46. The van der Waals surface area contributed by atoms with Crippen molar-refractivity contribution in [1.29, 1.82) is 0 Å². The SMILES string of the molecule is CC1(NC(=O)c2nn(CC3(c4cccc(C(F)(F)F)c4)CCCC3)cc(O)c2=O)CCCC1. The molecule has 2 N–H and O–H groups in total. The van der Waals surface area contributed by atoms with Gasteiger partial charge in [-0.15, -0.1) is 0 Å². The number of benzene rings is 1. The molecule has 0 spiro atoms. The molecule has 0 bridgehead atoms. The third-order valence-corrected chi connectivity index (χ3v) is 7.11. The van der Waals surface area contributed by atoms with Crippen LogP contribution < -0.4 is 10.7 Å². The van der Waals surface area contributed by atoms with Crippen LogP contribution in [0.15, 0.2) is 35.3 Å². The predicted octanol–water partition coefficient (Wildman–Crippen LogP) is 4.54. The number of hydrogen-bond donors (Lipinski definition) is 2. The van der Waals surface area contributed by atoms with Gasteiger partial charge in [-0.1, -0.05) is 43.9 Å². The van der Waals surface area contributed by atoms with Crippen molar-refractivity contribution in [1.82, 2.24) is 15.1 Å². The van der Waals surface area contributed by atoms with E-state index in [1.165, 1.54) is 16.8 Å². The van der Waals surface area contributed by atoms with Crippen molar-refractivity contribution in [3.8, 4) is 5.75 Å². The van der Waals surface area contributed by atoms with Gasteiger partial charge in [0.2, 0.25) is 0 Å². The Morgan fingerprint density at radius 2 is 1.79 bits per heavy atom. The zero-order valence-electron chi connectivity index (χ0n) is 18.5. The first-order chi connectivity index (χ1) is 15.5. The zero-order valence-corrected chi connectivity index (χ0v) is 18.5. The Balaban J connectivity index is 1.67. The molecule has 178 valence electrons. The molecule has 2 fully saturated rings. The quantitative estimate of drug-likeness (QED) is 0.682. The van der Waals surface area contributed by atoms with Gasteiger partial charge in [-0.2, -0.15) is 18.3 Å². The van der Waals surface area contributed by atoms with Gasteiger partial charge in [-0.3, -0.25) is 14.3 Å². The molecule has 0 saturated heterocycles. The monoisotopic (exact) mass is 463 g/mol. The van der Waals surface area contributed by atoms with Gasteiger partial charge in [0.05, 0.1) is 18.3 Å². The number of aromatic nitrogens is 2. The first-order valence-corrected chi connectivity index (χ1v) is 11.3. The summed E-state index contributed by atoms with van der Waals surface area (Å²) in [5, 5.41) is 17.3. The van der Waals surface area contributed by atoms with Gasteiger partial charge in [0.1, 0.15) is 0 Å². The molecule has 9 heteroatoms. The minimum atomic E-state index is -4.45. The molecule has 6 nitrogen and oxygen atoms in total. The van der Waals surface area contributed by atoms with Crippen molar-refractivity contribution in [2.75, 3.05) is 0 Å². The van der Waals surface area contributed by atoms with Crippen LogP contribution in [0, 0.1) is 0 Å². The van der Waals surface area contributed by atoms with Crippen molar-refractivity contribution < 1.29 is 23.1 Å². The number of amides is 1. The Kier molecular flexibility index (Phi) is 6.01. The molecule has 0 radical (unpaired) electrons. The lowest BCUT2D eigenvalue weighted by molar-refractivity contribution is -0.137. The summed E-state index contributed by atoms with van der Waals surface area (Å²) in [6, 6.07) is 5.29. The van der Waals surface area contributed by atoms with Gasteiger partial charge in [0.15, 0.2) is 11.4 Å². The summed E-state index contributed by atoms with van der Waals surface area (Å²) in [7, 11) is 0. The van der Waals surface area contributed by atoms with Crippen LogP contribution in [-0.4, -0.2) is 26.3 Å². The van der Waals surface area contributed by atoms with Crippen LogP contribution in [0.4, 0.5) is 13.2 Å². The number of nitrogens with zero attached hydrogens (tertiary/aromatic N) is 2. The molecule has 33 heavy (non-hydrogen) atoms. The first-order valence-electron chi connectivity index (χ1n) is 11.3. The molecule has 1 aromatic heterocycles. The normalized spacial score (nSPS) is 19.5. The fraction of sp³-hybridized carbons (Fsp3) is 0.542. The smallest absolute Gasteiger partial charge is 0.416 e. The summed E-state index contributed by atoms with van der Waals surface area (Å²) in [5.74, 6) is -1.25. The van der Waals surface area contributed by atoms with Crippen LogP contribution >= 0.6 is 0 Å². The van der Waals surface area contributed by atoms with Crippen molar-refractivity contribution in [2.45, 2.75) is 82.0 Å². The fourth-order valence-electron chi connectivity index (χ4n) is 5.29. The van der Waals surface area contributed by atoms with E-state index in [1.54, 1.807) is 6.07 Å². The number of hydrogen-bond acceptors (Lipinski definition) is 4. The van der Waals surface area contributed by atoms with Gasteiger partial charge in [-0.25, -0.2) is 0 Å². The van der Waals surface area contributed by atoms with Gasteiger partial charge in [0.25, 0.3) is 11.3 Å². The number of aromatic hydroxyl groups is 1. The van der Waals surface area contributed by atoms with Crippen molar-refractivity contribution in [3.05, 3.63) is 57.5 Å². The van der Waals surface area contributed by atoms with Crippen LogP contribution in [0.3, 0.4) is 0 Å². The van der Waals surface area contributed by atoms with Gasteiger partial charge in [0, 0.05) is 11.0 Å². The highest BCUT2D eigenvalue weighted by atomic mass is 19.4. The number of alkyl halides is 3. The molecule has 1 amide bonds. The van der Waals surface area contributed by atoms with Gasteiger partial charge in [-0.05, 0) is 44.2 Å². The second kappa shape index (κ2) is 8.50.